The van der Waals surface area contributed by atoms with Gasteiger partial charge in [-0.2, -0.15) is 0 Å². The van der Waals surface area contributed by atoms with Gasteiger partial charge in [0.1, 0.15) is 0 Å². The maximum atomic E-state index is 11.1. The Bertz CT molecular complexity index is 118. The molecule has 0 unspecified atom stereocenters. The van der Waals surface area contributed by atoms with Crippen molar-refractivity contribution in [2.45, 2.75) is 39.8 Å². The standard InChI is InChI=1S/C9H20N2O/c1-7(2)10-5-9(12)6-11-8(3)4/h7-8,10-11H,5-6H2,1-4H3. The van der Waals surface area contributed by atoms with E-state index in [1.165, 1.54) is 0 Å². The van der Waals surface area contributed by atoms with Crippen LogP contribution in [-0.2, 0) is 4.79 Å². The van der Waals surface area contributed by atoms with Crippen molar-refractivity contribution in [3.63, 3.8) is 0 Å². The van der Waals surface area contributed by atoms with Gasteiger partial charge >= 0.3 is 0 Å². The van der Waals surface area contributed by atoms with E-state index in [0.29, 0.717) is 25.2 Å². The van der Waals surface area contributed by atoms with E-state index in [1.807, 2.05) is 27.7 Å². The van der Waals surface area contributed by atoms with Crippen LogP contribution in [0.3, 0.4) is 0 Å². The van der Waals surface area contributed by atoms with Crippen LogP contribution in [-0.4, -0.2) is 31.0 Å². The zero-order valence-electron chi connectivity index (χ0n) is 8.48. The summed E-state index contributed by atoms with van der Waals surface area (Å²) in [7, 11) is 0. The number of hydrogen-bond acceptors (Lipinski definition) is 3. The molecule has 2 N–H and O–H groups in total. The van der Waals surface area contributed by atoms with Crippen LogP contribution in [0.1, 0.15) is 27.7 Å². The number of rotatable bonds is 6. The lowest BCUT2D eigenvalue weighted by atomic mass is 10.3. The molecule has 0 aromatic carbocycles. The van der Waals surface area contributed by atoms with Crippen molar-refractivity contribution in [1.29, 1.82) is 0 Å². The fourth-order valence-electron chi connectivity index (χ4n) is 0.698. The SMILES string of the molecule is CC(C)NCC(=O)CNC(C)C. The second-order valence-electron chi connectivity index (χ2n) is 3.61. The van der Waals surface area contributed by atoms with Crippen molar-refractivity contribution in [2.75, 3.05) is 13.1 Å². The third-order valence-electron chi connectivity index (χ3n) is 1.41. The summed E-state index contributed by atoms with van der Waals surface area (Å²) in [5, 5.41) is 6.16. The third kappa shape index (κ3) is 7.69. The first kappa shape index (κ1) is 11.6. The van der Waals surface area contributed by atoms with Crippen molar-refractivity contribution >= 4 is 5.78 Å². The Hall–Kier alpha value is -0.410. The van der Waals surface area contributed by atoms with Crippen LogP contribution in [0.5, 0.6) is 0 Å². The number of carbonyl (C=O) groups is 1. The fourth-order valence-corrected chi connectivity index (χ4v) is 0.698. The van der Waals surface area contributed by atoms with Gasteiger partial charge in [0.2, 0.25) is 0 Å². The van der Waals surface area contributed by atoms with E-state index in [1.54, 1.807) is 0 Å². The van der Waals surface area contributed by atoms with Gasteiger partial charge in [-0.15, -0.1) is 0 Å². The fraction of sp³-hybridized carbons (Fsp3) is 0.889. The van der Waals surface area contributed by atoms with Crippen LogP contribution in [0.2, 0.25) is 0 Å². The molecule has 0 saturated heterocycles. The molecular weight excluding hydrogens is 152 g/mol. The molecule has 3 nitrogen and oxygen atoms in total. The van der Waals surface area contributed by atoms with Crippen molar-refractivity contribution < 1.29 is 4.79 Å². The predicted octanol–water partition coefficient (Wildman–Crippen LogP) is 0.551. The molecule has 0 atom stereocenters. The number of Topliss-reactive ketones (excluding diaryl/α,β-unsaturated/α-hetero) is 1. The van der Waals surface area contributed by atoms with Crippen LogP contribution in [0.25, 0.3) is 0 Å². The normalized spacial score (nSPS) is 11.2. The Labute approximate surface area is 74.9 Å². The second kappa shape index (κ2) is 6.14. The molecule has 0 aliphatic rings. The highest BCUT2D eigenvalue weighted by molar-refractivity contribution is 5.82. The van der Waals surface area contributed by atoms with E-state index in [-0.39, 0.29) is 5.78 Å². The molecule has 0 bridgehead atoms. The Kier molecular flexibility index (Phi) is 5.93. The van der Waals surface area contributed by atoms with Gasteiger partial charge in [0.25, 0.3) is 0 Å². The highest BCUT2D eigenvalue weighted by atomic mass is 16.1. The average Bonchev–Trinajstić information content (AvgIpc) is 1.96. The summed E-state index contributed by atoms with van der Waals surface area (Å²) >= 11 is 0. The minimum Gasteiger partial charge on any atom is -0.308 e. The summed E-state index contributed by atoms with van der Waals surface area (Å²) in [6.45, 7) is 9.06. The quantitative estimate of drug-likeness (QED) is 0.615. The van der Waals surface area contributed by atoms with E-state index in [0.717, 1.165) is 0 Å². The van der Waals surface area contributed by atoms with E-state index in [2.05, 4.69) is 10.6 Å². The number of carbonyl (C=O) groups excluding carboxylic acids is 1. The molecule has 0 radical (unpaired) electrons. The molecule has 0 saturated carbocycles. The zero-order valence-corrected chi connectivity index (χ0v) is 8.48. The van der Waals surface area contributed by atoms with Crippen molar-refractivity contribution in [2.24, 2.45) is 0 Å². The maximum Gasteiger partial charge on any atom is 0.160 e. The topological polar surface area (TPSA) is 41.1 Å². The van der Waals surface area contributed by atoms with Crippen LogP contribution < -0.4 is 10.6 Å². The lowest BCUT2D eigenvalue weighted by molar-refractivity contribution is -0.117. The molecule has 0 aromatic heterocycles. The number of ketones is 1. The highest BCUT2D eigenvalue weighted by Gasteiger charge is 2.02. The van der Waals surface area contributed by atoms with E-state index in [4.69, 9.17) is 0 Å². The summed E-state index contributed by atoms with van der Waals surface area (Å²) in [6, 6.07) is 0.765. The molecule has 0 spiro atoms. The predicted molar refractivity (Wildman–Crippen MR) is 51.3 cm³/mol. The van der Waals surface area contributed by atoms with Gasteiger partial charge in [-0.3, -0.25) is 4.79 Å². The number of hydrogen-bond donors (Lipinski definition) is 2. The zero-order chi connectivity index (χ0) is 9.56. The molecule has 0 fully saturated rings. The lowest BCUT2D eigenvalue weighted by Gasteiger charge is -2.09. The van der Waals surface area contributed by atoms with Gasteiger partial charge in [0, 0.05) is 12.1 Å². The molecule has 0 aliphatic carbocycles. The summed E-state index contributed by atoms with van der Waals surface area (Å²) in [5.74, 6) is 0.220. The molecule has 3 heteroatoms. The van der Waals surface area contributed by atoms with E-state index < -0.39 is 0 Å². The summed E-state index contributed by atoms with van der Waals surface area (Å²) in [5.41, 5.74) is 0. The van der Waals surface area contributed by atoms with Gasteiger partial charge in [-0.25, -0.2) is 0 Å². The van der Waals surface area contributed by atoms with Gasteiger partial charge in [-0.05, 0) is 0 Å². The van der Waals surface area contributed by atoms with Crippen LogP contribution in [0, 0.1) is 0 Å². The molecule has 0 amide bonds. The van der Waals surface area contributed by atoms with Crippen molar-refractivity contribution in [3.8, 4) is 0 Å². The van der Waals surface area contributed by atoms with E-state index >= 15 is 0 Å². The maximum absolute atomic E-state index is 11.1. The van der Waals surface area contributed by atoms with Gasteiger partial charge in [-0.1, -0.05) is 27.7 Å². The average molecular weight is 172 g/mol. The Balaban J connectivity index is 3.34. The summed E-state index contributed by atoms with van der Waals surface area (Å²) in [4.78, 5) is 11.1. The first-order valence-electron chi connectivity index (χ1n) is 4.51. The van der Waals surface area contributed by atoms with Crippen LogP contribution in [0.4, 0.5) is 0 Å². The minimum atomic E-state index is 0.220. The largest absolute Gasteiger partial charge is 0.308 e. The molecule has 0 aliphatic heterocycles. The molecule has 0 aromatic rings. The van der Waals surface area contributed by atoms with Crippen molar-refractivity contribution in [3.05, 3.63) is 0 Å². The van der Waals surface area contributed by atoms with Gasteiger partial charge < -0.3 is 10.6 Å². The summed E-state index contributed by atoms with van der Waals surface area (Å²) < 4.78 is 0. The van der Waals surface area contributed by atoms with Crippen molar-refractivity contribution in [1.82, 2.24) is 10.6 Å². The van der Waals surface area contributed by atoms with Crippen LogP contribution >= 0.6 is 0 Å². The van der Waals surface area contributed by atoms with Crippen LogP contribution in [0.15, 0.2) is 0 Å². The number of nitrogens with one attached hydrogen (secondary N) is 2. The molecular formula is C9H20N2O. The smallest absolute Gasteiger partial charge is 0.160 e. The molecule has 0 heterocycles. The van der Waals surface area contributed by atoms with Gasteiger partial charge in [0.05, 0.1) is 13.1 Å². The highest BCUT2D eigenvalue weighted by Crippen LogP contribution is 1.78. The first-order chi connectivity index (χ1) is 5.52. The minimum absolute atomic E-state index is 0.220. The molecule has 72 valence electrons. The monoisotopic (exact) mass is 172 g/mol. The lowest BCUT2D eigenvalue weighted by Crippen LogP contribution is -2.36. The Morgan fingerprint density at radius 2 is 1.33 bits per heavy atom. The molecule has 0 rings (SSSR count). The molecule has 12 heavy (non-hydrogen) atoms. The Morgan fingerprint density at radius 3 is 1.58 bits per heavy atom. The summed E-state index contributed by atoms with van der Waals surface area (Å²) in [6.07, 6.45) is 0. The third-order valence-corrected chi connectivity index (χ3v) is 1.41. The van der Waals surface area contributed by atoms with E-state index in [9.17, 15) is 4.79 Å². The Morgan fingerprint density at radius 1 is 1.00 bits per heavy atom. The van der Waals surface area contributed by atoms with Gasteiger partial charge in [0.15, 0.2) is 5.78 Å². The second-order valence-corrected chi connectivity index (χ2v) is 3.61. The first-order valence-corrected chi connectivity index (χ1v) is 4.51.